The van der Waals surface area contributed by atoms with Gasteiger partial charge in [-0.3, -0.25) is 9.69 Å². The minimum Gasteiger partial charge on any atom is -0.371 e. The number of hydrogen-bond acceptors (Lipinski definition) is 3. The van der Waals surface area contributed by atoms with Gasteiger partial charge in [0.25, 0.3) is 0 Å². The molecule has 0 spiro atoms. The Morgan fingerprint density at radius 2 is 2.00 bits per heavy atom. The van der Waals surface area contributed by atoms with Crippen molar-refractivity contribution in [3.05, 3.63) is 35.6 Å². The zero-order valence-electron chi connectivity index (χ0n) is 16.1. The van der Waals surface area contributed by atoms with E-state index in [1.54, 1.807) is 12.1 Å². The number of carbonyl (C=O) groups is 1. The number of morpholine rings is 1. The SMILES string of the molecule is C[C@@H]1[C@H](C)CCC[C@@H]1NC(=O)[C@H](C)N1CCO[C@@H](c2ccc(F)cc2)C1. The van der Waals surface area contributed by atoms with E-state index in [1.165, 1.54) is 25.0 Å². The highest BCUT2D eigenvalue weighted by Crippen LogP contribution is 2.30. The maximum atomic E-state index is 13.1. The third kappa shape index (κ3) is 4.44. The fraction of sp³-hybridized carbons (Fsp3) is 0.667. The Kier molecular flexibility index (Phi) is 6.30. The van der Waals surface area contributed by atoms with Crippen LogP contribution in [0.15, 0.2) is 24.3 Å². The Bertz CT molecular complexity index is 607. The number of ether oxygens (including phenoxy) is 1. The predicted octanol–water partition coefficient (Wildman–Crippen LogP) is 3.53. The van der Waals surface area contributed by atoms with Crippen molar-refractivity contribution in [1.29, 1.82) is 0 Å². The molecule has 1 saturated carbocycles. The van der Waals surface area contributed by atoms with Crippen LogP contribution in [0.5, 0.6) is 0 Å². The molecule has 2 aliphatic rings. The van der Waals surface area contributed by atoms with Gasteiger partial charge in [-0.2, -0.15) is 0 Å². The second kappa shape index (κ2) is 8.49. The summed E-state index contributed by atoms with van der Waals surface area (Å²) >= 11 is 0. The lowest BCUT2D eigenvalue weighted by molar-refractivity contribution is -0.130. The van der Waals surface area contributed by atoms with Crippen LogP contribution in [0.2, 0.25) is 0 Å². The lowest BCUT2D eigenvalue weighted by atomic mass is 9.78. The maximum absolute atomic E-state index is 13.1. The number of amides is 1. The third-order valence-electron chi connectivity index (χ3n) is 6.30. The van der Waals surface area contributed by atoms with Gasteiger partial charge >= 0.3 is 0 Å². The van der Waals surface area contributed by atoms with E-state index in [1.807, 2.05) is 6.92 Å². The molecule has 1 aromatic carbocycles. The standard InChI is InChI=1S/C21H31FN2O2/c1-14-5-4-6-19(15(14)2)23-21(25)16(3)24-11-12-26-20(13-24)17-7-9-18(22)10-8-17/h7-10,14-16,19-20H,4-6,11-13H2,1-3H3,(H,23,25)/t14-,15-,16+,19+,20-/m1/s1. The molecule has 5 atom stereocenters. The molecule has 0 bridgehead atoms. The summed E-state index contributed by atoms with van der Waals surface area (Å²) in [6.07, 6.45) is 3.40. The predicted molar refractivity (Wildman–Crippen MR) is 100 cm³/mol. The van der Waals surface area contributed by atoms with Crippen LogP contribution >= 0.6 is 0 Å². The zero-order valence-corrected chi connectivity index (χ0v) is 16.1. The summed E-state index contributed by atoms with van der Waals surface area (Å²) < 4.78 is 19.0. The van der Waals surface area contributed by atoms with Crippen LogP contribution < -0.4 is 5.32 Å². The van der Waals surface area contributed by atoms with E-state index in [9.17, 15) is 9.18 Å². The van der Waals surface area contributed by atoms with Crippen LogP contribution in [0.1, 0.15) is 51.7 Å². The van der Waals surface area contributed by atoms with E-state index >= 15 is 0 Å². The molecule has 1 N–H and O–H groups in total. The van der Waals surface area contributed by atoms with Crippen molar-refractivity contribution in [1.82, 2.24) is 10.2 Å². The van der Waals surface area contributed by atoms with Crippen molar-refractivity contribution in [2.24, 2.45) is 11.8 Å². The van der Waals surface area contributed by atoms with E-state index < -0.39 is 0 Å². The first kappa shape index (κ1) is 19.3. The van der Waals surface area contributed by atoms with Crippen LogP contribution in [0.4, 0.5) is 4.39 Å². The van der Waals surface area contributed by atoms with Gasteiger partial charge in [-0.15, -0.1) is 0 Å². The number of halogens is 1. The molecule has 1 aliphatic carbocycles. The fourth-order valence-electron chi connectivity index (χ4n) is 4.15. The van der Waals surface area contributed by atoms with Crippen LogP contribution in [0.25, 0.3) is 0 Å². The highest BCUT2D eigenvalue weighted by atomic mass is 19.1. The second-order valence-electron chi connectivity index (χ2n) is 7.96. The Balaban J connectivity index is 1.58. The molecule has 1 saturated heterocycles. The summed E-state index contributed by atoms with van der Waals surface area (Å²) in [5.74, 6) is 1.05. The quantitative estimate of drug-likeness (QED) is 0.891. The summed E-state index contributed by atoms with van der Waals surface area (Å²) in [7, 11) is 0. The third-order valence-corrected chi connectivity index (χ3v) is 6.30. The van der Waals surface area contributed by atoms with Crippen molar-refractivity contribution >= 4 is 5.91 Å². The van der Waals surface area contributed by atoms with E-state index in [2.05, 4.69) is 24.1 Å². The van der Waals surface area contributed by atoms with Gasteiger partial charge in [-0.25, -0.2) is 4.39 Å². The average molecular weight is 362 g/mol. The van der Waals surface area contributed by atoms with Gasteiger partial charge in [0.05, 0.1) is 18.8 Å². The summed E-state index contributed by atoms with van der Waals surface area (Å²) in [5, 5.41) is 3.29. The summed E-state index contributed by atoms with van der Waals surface area (Å²) in [4.78, 5) is 15.0. The van der Waals surface area contributed by atoms with Crippen molar-refractivity contribution in [2.75, 3.05) is 19.7 Å². The monoisotopic (exact) mass is 362 g/mol. The highest BCUT2D eigenvalue weighted by molar-refractivity contribution is 5.81. The van der Waals surface area contributed by atoms with Gasteiger partial charge in [0.15, 0.2) is 0 Å². The molecule has 1 amide bonds. The topological polar surface area (TPSA) is 41.6 Å². The Labute approximate surface area is 156 Å². The highest BCUT2D eigenvalue weighted by Gasteiger charge is 2.32. The molecule has 26 heavy (non-hydrogen) atoms. The van der Waals surface area contributed by atoms with E-state index in [0.717, 1.165) is 18.5 Å². The fourth-order valence-corrected chi connectivity index (χ4v) is 4.15. The van der Waals surface area contributed by atoms with E-state index in [0.29, 0.717) is 25.0 Å². The molecule has 0 aromatic heterocycles. The molecule has 144 valence electrons. The zero-order chi connectivity index (χ0) is 18.7. The molecule has 1 heterocycles. The smallest absolute Gasteiger partial charge is 0.237 e. The number of hydrogen-bond donors (Lipinski definition) is 1. The maximum Gasteiger partial charge on any atom is 0.237 e. The van der Waals surface area contributed by atoms with Crippen molar-refractivity contribution in [2.45, 2.75) is 58.2 Å². The lowest BCUT2D eigenvalue weighted by Crippen LogP contribution is -2.54. The van der Waals surface area contributed by atoms with Crippen LogP contribution in [0, 0.1) is 17.7 Å². The molecule has 3 rings (SSSR count). The minimum absolute atomic E-state index is 0.107. The molecule has 5 heteroatoms. The number of carbonyl (C=O) groups excluding carboxylic acids is 1. The largest absolute Gasteiger partial charge is 0.371 e. The molecule has 0 unspecified atom stereocenters. The Hall–Kier alpha value is -1.46. The van der Waals surface area contributed by atoms with Crippen molar-refractivity contribution in [3.8, 4) is 0 Å². The summed E-state index contributed by atoms with van der Waals surface area (Å²) in [5.41, 5.74) is 0.957. The molecule has 2 fully saturated rings. The van der Waals surface area contributed by atoms with Gasteiger partial charge in [-0.1, -0.05) is 38.8 Å². The normalized spacial score (nSPS) is 31.4. The van der Waals surface area contributed by atoms with Crippen molar-refractivity contribution in [3.63, 3.8) is 0 Å². The molecule has 4 nitrogen and oxygen atoms in total. The van der Waals surface area contributed by atoms with Gasteiger partial charge in [0, 0.05) is 19.1 Å². The Morgan fingerprint density at radius 3 is 2.73 bits per heavy atom. The van der Waals surface area contributed by atoms with E-state index in [-0.39, 0.29) is 29.9 Å². The van der Waals surface area contributed by atoms with Crippen LogP contribution in [0.3, 0.4) is 0 Å². The summed E-state index contributed by atoms with van der Waals surface area (Å²) in [6, 6.07) is 6.53. The van der Waals surface area contributed by atoms with Crippen LogP contribution in [-0.2, 0) is 9.53 Å². The molecular formula is C21H31FN2O2. The van der Waals surface area contributed by atoms with Crippen molar-refractivity contribution < 1.29 is 13.9 Å². The first-order chi connectivity index (χ1) is 12.5. The molecule has 1 aliphatic heterocycles. The van der Waals surface area contributed by atoms with Gasteiger partial charge in [0.2, 0.25) is 5.91 Å². The number of nitrogens with zero attached hydrogens (tertiary/aromatic N) is 1. The average Bonchev–Trinajstić information content (AvgIpc) is 2.65. The first-order valence-corrected chi connectivity index (χ1v) is 9.87. The molecular weight excluding hydrogens is 331 g/mol. The minimum atomic E-state index is -0.245. The van der Waals surface area contributed by atoms with Gasteiger partial charge in [-0.05, 0) is 42.9 Å². The molecule has 0 radical (unpaired) electrons. The lowest BCUT2D eigenvalue weighted by Gasteiger charge is -2.39. The number of nitrogens with one attached hydrogen (secondary N) is 1. The number of rotatable bonds is 4. The number of benzene rings is 1. The van der Waals surface area contributed by atoms with Crippen LogP contribution in [-0.4, -0.2) is 42.6 Å². The van der Waals surface area contributed by atoms with Gasteiger partial charge in [0.1, 0.15) is 5.82 Å². The van der Waals surface area contributed by atoms with E-state index in [4.69, 9.17) is 4.74 Å². The second-order valence-corrected chi connectivity index (χ2v) is 7.96. The summed E-state index contributed by atoms with van der Waals surface area (Å²) in [6.45, 7) is 8.47. The Morgan fingerprint density at radius 1 is 1.27 bits per heavy atom. The van der Waals surface area contributed by atoms with Gasteiger partial charge < -0.3 is 10.1 Å². The molecule has 1 aromatic rings. The first-order valence-electron chi connectivity index (χ1n) is 9.87.